The molecule has 74 valence electrons. The largest absolute Gasteiger partial charge is 0.368 e. The minimum absolute atomic E-state index is 0.928. The highest BCUT2D eigenvalue weighted by atomic mass is 16.2. The lowest BCUT2D eigenvalue weighted by molar-refractivity contribution is 0.237. The monoisotopic (exact) mass is 196 g/mol. The SMILES string of the molecule is NC(=O)NC(=O)N=C=O.c1cc[nH]c1. The molecule has 7 nitrogen and oxygen atoms in total. The van der Waals surface area contributed by atoms with Crippen LogP contribution in [0.25, 0.3) is 0 Å². The number of carbonyl (C=O) groups excluding carboxylic acids is 3. The molecule has 0 aliphatic rings. The van der Waals surface area contributed by atoms with E-state index in [4.69, 9.17) is 0 Å². The van der Waals surface area contributed by atoms with Gasteiger partial charge >= 0.3 is 12.1 Å². The number of hydrogen-bond donors (Lipinski definition) is 3. The van der Waals surface area contributed by atoms with Crippen LogP contribution in [-0.4, -0.2) is 23.1 Å². The summed E-state index contributed by atoms with van der Waals surface area (Å²) in [5, 5.41) is 1.51. The molecule has 0 radical (unpaired) electrons. The Hall–Kier alpha value is -2.40. The highest BCUT2D eigenvalue weighted by Gasteiger charge is 1.98. The van der Waals surface area contributed by atoms with Gasteiger partial charge in [-0.15, -0.1) is 4.99 Å². The van der Waals surface area contributed by atoms with Gasteiger partial charge in [0.25, 0.3) is 0 Å². The van der Waals surface area contributed by atoms with Gasteiger partial charge in [0.05, 0.1) is 0 Å². The van der Waals surface area contributed by atoms with Crippen molar-refractivity contribution >= 4 is 18.1 Å². The molecule has 0 aliphatic heterocycles. The number of hydrogen-bond acceptors (Lipinski definition) is 3. The minimum Gasteiger partial charge on any atom is -0.368 e. The number of aliphatic imine (C=N–C) groups is 1. The van der Waals surface area contributed by atoms with Crippen LogP contribution < -0.4 is 11.1 Å². The van der Waals surface area contributed by atoms with Gasteiger partial charge < -0.3 is 10.7 Å². The van der Waals surface area contributed by atoms with E-state index in [0.717, 1.165) is 6.08 Å². The molecule has 1 aromatic rings. The molecule has 1 rings (SSSR count). The Morgan fingerprint density at radius 2 is 1.93 bits per heavy atom. The maximum absolute atomic E-state index is 10.0. The number of aromatic nitrogens is 1. The van der Waals surface area contributed by atoms with Crippen LogP contribution in [0, 0.1) is 0 Å². The number of isocyanates is 1. The Bertz CT molecular complexity index is 309. The topological polar surface area (TPSA) is 117 Å². The first kappa shape index (κ1) is 11.6. The second kappa shape index (κ2) is 7.26. The predicted octanol–water partition coefficient (Wildman–Crippen LogP) is 0.125. The van der Waals surface area contributed by atoms with Crippen LogP contribution in [0.5, 0.6) is 0 Å². The summed E-state index contributed by atoms with van der Waals surface area (Å²) in [6.07, 6.45) is 4.68. The van der Waals surface area contributed by atoms with Crippen molar-refractivity contribution in [2.75, 3.05) is 0 Å². The highest BCUT2D eigenvalue weighted by molar-refractivity contribution is 5.94. The Morgan fingerprint density at radius 3 is 2.21 bits per heavy atom. The molecule has 0 aromatic carbocycles. The number of carbonyl (C=O) groups is 2. The fourth-order valence-electron chi connectivity index (χ4n) is 0.453. The fraction of sp³-hybridized carbons (Fsp3) is 0. The van der Waals surface area contributed by atoms with Gasteiger partial charge in [-0.05, 0) is 12.1 Å². The third kappa shape index (κ3) is 7.70. The molecule has 0 saturated heterocycles. The molecule has 0 unspecified atom stereocenters. The maximum atomic E-state index is 10.0. The fourth-order valence-corrected chi connectivity index (χ4v) is 0.453. The number of nitrogens with one attached hydrogen (secondary N) is 2. The summed E-state index contributed by atoms with van der Waals surface area (Å²) >= 11 is 0. The molecule has 1 heterocycles. The second-order valence-corrected chi connectivity index (χ2v) is 1.88. The Balaban J connectivity index is 0.000000280. The second-order valence-electron chi connectivity index (χ2n) is 1.88. The van der Waals surface area contributed by atoms with Gasteiger partial charge in [-0.1, -0.05) is 0 Å². The van der Waals surface area contributed by atoms with E-state index in [1.165, 1.54) is 5.32 Å². The number of imide groups is 1. The average molecular weight is 196 g/mol. The molecular weight excluding hydrogens is 188 g/mol. The zero-order valence-corrected chi connectivity index (χ0v) is 7.06. The molecule has 0 spiro atoms. The lowest BCUT2D eigenvalue weighted by atomic mass is 10.7. The molecule has 7 heteroatoms. The van der Waals surface area contributed by atoms with Crippen LogP contribution in [0.2, 0.25) is 0 Å². The number of nitrogens with two attached hydrogens (primary N) is 1. The number of rotatable bonds is 0. The van der Waals surface area contributed by atoms with Crippen LogP contribution in [0.1, 0.15) is 0 Å². The number of H-pyrrole nitrogens is 1. The first-order chi connectivity index (χ1) is 6.66. The molecule has 0 bridgehead atoms. The van der Waals surface area contributed by atoms with Crippen molar-refractivity contribution in [2.45, 2.75) is 0 Å². The number of nitrogens with zero attached hydrogens (tertiary/aromatic N) is 1. The van der Waals surface area contributed by atoms with E-state index in [9.17, 15) is 14.4 Å². The molecule has 0 saturated carbocycles. The molecular formula is C7H8N4O3. The van der Waals surface area contributed by atoms with E-state index in [0.29, 0.717) is 0 Å². The summed E-state index contributed by atoms with van der Waals surface area (Å²) in [7, 11) is 0. The molecule has 4 amide bonds. The summed E-state index contributed by atoms with van der Waals surface area (Å²) in [6, 6.07) is 1.72. The minimum atomic E-state index is -1.11. The van der Waals surface area contributed by atoms with Crippen molar-refractivity contribution < 1.29 is 14.4 Å². The van der Waals surface area contributed by atoms with Crippen LogP contribution in [0.15, 0.2) is 29.5 Å². The standard InChI is InChI=1S/C4H5N.C3H3N3O3/c1-2-4-5-3-1;4-2(8)6-3(9)5-1-7/h1-5H;(H3,4,6,8,9). The third-order valence-corrected chi connectivity index (χ3v) is 0.873. The van der Waals surface area contributed by atoms with Crippen molar-refractivity contribution in [3.63, 3.8) is 0 Å². The van der Waals surface area contributed by atoms with E-state index in [-0.39, 0.29) is 0 Å². The van der Waals surface area contributed by atoms with E-state index in [1.54, 1.807) is 0 Å². The smallest absolute Gasteiger partial charge is 0.359 e. The normalized spacial score (nSPS) is 7.43. The number of urea groups is 2. The zero-order valence-electron chi connectivity index (χ0n) is 7.06. The number of aromatic amines is 1. The molecule has 0 fully saturated rings. The highest BCUT2D eigenvalue weighted by Crippen LogP contribution is 1.72. The predicted molar refractivity (Wildman–Crippen MR) is 47.0 cm³/mol. The molecule has 0 aliphatic carbocycles. The van der Waals surface area contributed by atoms with E-state index < -0.39 is 12.1 Å². The van der Waals surface area contributed by atoms with Crippen LogP contribution in [0.3, 0.4) is 0 Å². The van der Waals surface area contributed by atoms with Crippen molar-refractivity contribution in [1.82, 2.24) is 10.3 Å². The zero-order chi connectivity index (χ0) is 10.8. The van der Waals surface area contributed by atoms with Gasteiger partial charge in [-0.25, -0.2) is 14.4 Å². The summed E-state index contributed by atoms with van der Waals surface area (Å²) < 4.78 is 0. The van der Waals surface area contributed by atoms with Crippen LogP contribution in [-0.2, 0) is 4.79 Å². The first-order valence-corrected chi connectivity index (χ1v) is 3.43. The summed E-state index contributed by atoms with van der Waals surface area (Å²) in [5.41, 5.74) is 4.46. The van der Waals surface area contributed by atoms with Gasteiger partial charge in [-0.2, -0.15) is 0 Å². The van der Waals surface area contributed by atoms with E-state index >= 15 is 0 Å². The van der Waals surface area contributed by atoms with Crippen molar-refractivity contribution in [1.29, 1.82) is 0 Å². The third-order valence-electron chi connectivity index (χ3n) is 0.873. The average Bonchev–Trinajstić information content (AvgIpc) is 2.59. The first-order valence-electron chi connectivity index (χ1n) is 3.43. The van der Waals surface area contributed by atoms with E-state index in [2.05, 4.69) is 15.7 Å². The Labute approximate surface area is 79.0 Å². The quantitative estimate of drug-likeness (QED) is 0.404. The van der Waals surface area contributed by atoms with Crippen LogP contribution >= 0.6 is 0 Å². The number of primary amides is 1. The summed E-state index contributed by atoms with van der Waals surface area (Å²) in [4.78, 5) is 34.5. The lowest BCUT2D eigenvalue weighted by Gasteiger charge is -1.87. The van der Waals surface area contributed by atoms with Crippen molar-refractivity contribution in [2.24, 2.45) is 10.7 Å². The Kier molecular flexibility index (Phi) is 6.02. The molecule has 4 N–H and O–H groups in total. The van der Waals surface area contributed by atoms with Crippen molar-refractivity contribution in [3.05, 3.63) is 24.5 Å². The molecule has 14 heavy (non-hydrogen) atoms. The number of amides is 4. The van der Waals surface area contributed by atoms with Gasteiger partial charge in [0, 0.05) is 12.4 Å². The maximum Gasteiger partial charge on any atom is 0.359 e. The van der Waals surface area contributed by atoms with Crippen molar-refractivity contribution in [3.8, 4) is 0 Å². The van der Waals surface area contributed by atoms with Gasteiger partial charge in [0.15, 0.2) is 0 Å². The summed E-state index contributed by atoms with van der Waals surface area (Å²) in [5.74, 6) is 0. The van der Waals surface area contributed by atoms with Crippen LogP contribution in [0.4, 0.5) is 9.59 Å². The summed E-state index contributed by atoms with van der Waals surface area (Å²) in [6.45, 7) is 0. The molecule has 1 aromatic heterocycles. The Morgan fingerprint density at radius 1 is 1.36 bits per heavy atom. The van der Waals surface area contributed by atoms with Gasteiger partial charge in [-0.3, -0.25) is 5.32 Å². The van der Waals surface area contributed by atoms with E-state index in [1.807, 2.05) is 24.5 Å². The lowest BCUT2D eigenvalue weighted by Crippen LogP contribution is -2.32. The molecule has 0 atom stereocenters. The van der Waals surface area contributed by atoms with Gasteiger partial charge in [0.1, 0.15) is 0 Å². The van der Waals surface area contributed by atoms with Gasteiger partial charge in [0.2, 0.25) is 6.08 Å².